The molecule has 4 aromatic rings. The Kier molecular flexibility index (Phi) is 7.72. The molecule has 2 aromatic heterocycles. The lowest BCUT2D eigenvalue weighted by atomic mass is 9.86. The molecule has 42 heavy (non-hydrogen) atoms. The number of rotatable bonds is 4. The monoisotopic (exact) mass is 631 g/mol. The molecule has 0 spiro atoms. The third-order valence-corrected chi connectivity index (χ3v) is 9.45. The number of aromatic nitrogens is 3. The summed E-state index contributed by atoms with van der Waals surface area (Å²) in [6.07, 6.45) is 4.89. The van der Waals surface area contributed by atoms with Crippen LogP contribution < -0.4 is 5.56 Å². The molecule has 8 nitrogen and oxygen atoms in total. The molecule has 0 radical (unpaired) electrons. The molecule has 1 fully saturated rings. The molecule has 1 atom stereocenters. The molecule has 2 aliphatic rings. The predicted molar refractivity (Wildman–Crippen MR) is 168 cm³/mol. The van der Waals surface area contributed by atoms with Crippen LogP contribution >= 0.6 is 15.9 Å². The second-order valence-corrected chi connectivity index (χ2v) is 14.0. The molecule has 6 rings (SSSR count). The average Bonchev–Trinajstić information content (AvgIpc) is 3.45. The van der Waals surface area contributed by atoms with Gasteiger partial charge in [0.2, 0.25) is 11.8 Å². The Hall–Kier alpha value is -3.46. The lowest BCUT2D eigenvalue weighted by Crippen LogP contribution is -2.45. The number of carbonyl (C=O) groups excluding carboxylic acids is 2. The first-order chi connectivity index (χ1) is 20.1. The predicted octanol–water partition coefficient (Wildman–Crippen LogP) is 5.90. The van der Waals surface area contributed by atoms with Gasteiger partial charge in [0.05, 0.1) is 11.7 Å². The quantitative estimate of drug-likeness (QED) is 0.293. The maximum absolute atomic E-state index is 14.0. The van der Waals surface area contributed by atoms with E-state index in [0.29, 0.717) is 32.6 Å². The number of aromatic amines is 2. The highest BCUT2D eigenvalue weighted by Crippen LogP contribution is 2.35. The molecule has 220 valence electrons. The van der Waals surface area contributed by atoms with Crippen LogP contribution in [0.15, 0.2) is 51.9 Å². The van der Waals surface area contributed by atoms with Crippen molar-refractivity contribution < 1.29 is 9.59 Å². The number of likely N-dealkylation sites (tertiary alicyclic amines) is 1. The number of nitrogens with one attached hydrogen (secondary N) is 2. The Morgan fingerprint density at radius 3 is 2.62 bits per heavy atom. The molecule has 2 aliphatic heterocycles. The van der Waals surface area contributed by atoms with E-state index in [1.165, 1.54) is 5.56 Å². The number of hydrogen-bond acceptors (Lipinski definition) is 4. The molecule has 0 unspecified atom stereocenters. The van der Waals surface area contributed by atoms with E-state index in [9.17, 15) is 14.4 Å². The first kappa shape index (κ1) is 28.6. The van der Waals surface area contributed by atoms with Crippen LogP contribution in [0.4, 0.5) is 0 Å². The van der Waals surface area contributed by atoms with E-state index < -0.39 is 0 Å². The van der Waals surface area contributed by atoms with E-state index in [4.69, 9.17) is 0 Å². The van der Waals surface area contributed by atoms with Crippen LogP contribution in [0.3, 0.4) is 0 Å². The molecule has 2 amide bonds. The summed E-state index contributed by atoms with van der Waals surface area (Å²) in [5, 5.41) is 9.40. The van der Waals surface area contributed by atoms with Crippen molar-refractivity contribution in [2.75, 3.05) is 19.6 Å². The van der Waals surface area contributed by atoms with E-state index in [1.807, 2.05) is 46.3 Å². The van der Waals surface area contributed by atoms with E-state index in [-0.39, 0.29) is 41.0 Å². The molecule has 1 saturated heterocycles. The van der Waals surface area contributed by atoms with Gasteiger partial charge in [0.1, 0.15) is 0 Å². The van der Waals surface area contributed by atoms with Gasteiger partial charge >= 0.3 is 0 Å². The normalized spacial score (nSPS) is 18.8. The Balaban J connectivity index is 1.18. The largest absolute Gasteiger partial charge is 0.343 e. The van der Waals surface area contributed by atoms with Gasteiger partial charge < -0.3 is 14.8 Å². The van der Waals surface area contributed by atoms with E-state index >= 15 is 0 Å². The Labute approximate surface area is 254 Å². The minimum Gasteiger partial charge on any atom is -0.343 e. The van der Waals surface area contributed by atoms with Crippen molar-refractivity contribution in [2.45, 2.75) is 65.3 Å². The average molecular weight is 633 g/mol. The Bertz CT molecular complexity index is 1710. The number of hydrogen-bond donors (Lipinski definition) is 2. The third kappa shape index (κ3) is 5.76. The van der Waals surface area contributed by atoms with Crippen LogP contribution in [0.2, 0.25) is 0 Å². The number of aryl methyl sites for hydroxylation is 1. The van der Waals surface area contributed by atoms with Gasteiger partial charge in [-0.05, 0) is 87.7 Å². The SMILES string of the molecule is CC(C)(C)CN1Cc2c(cc(Br)c3[nH]ncc23)CC[C@@H](CC(=O)N2CCC(c3cc4ccccc4[nH]c3=O)CC2)C1=O. The van der Waals surface area contributed by atoms with E-state index in [2.05, 4.69) is 57.9 Å². The number of piperidine rings is 1. The lowest BCUT2D eigenvalue weighted by Gasteiger charge is -2.36. The molecule has 2 aromatic carbocycles. The summed E-state index contributed by atoms with van der Waals surface area (Å²) in [7, 11) is 0. The maximum atomic E-state index is 14.0. The van der Waals surface area contributed by atoms with Crippen LogP contribution in [0.1, 0.15) is 69.1 Å². The number of fused-ring (bicyclic) bond motifs is 4. The summed E-state index contributed by atoms with van der Waals surface area (Å²) in [4.78, 5) is 47.3. The summed E-state index contributed by atoms with van der Waals surface area (Å²) in [6.45, 7) is 8.72. The Morgan fingerprint density at radius 2 is 1.86 bits per heavy atom. The third-order valence-electron chi connectivity index (χ3n) is 8.82. The number of benzene rings is 2. The molecule has 2 N–H and O–H groups in total. The van der Waals surface area contributed by atoms with Gasteiger partial charge in [0.25, 0.3) is 5.56 Å². The highest BCUT2D eigenvalue weighted by molar-refractivity contribution is 9.10. The second-order valence-electron chi connectivity index (χ2n) is 13.1. The number of amides is 2. The van der Waals surface area contributed by atoms with Crippen LogP contribution in [0.5, 0.6) is 0 Å². The van der Waals surface area contributed by atoms with Gasteiger partial charge in [-0.25, -0.2) is 0 Å². The molecule has 9 heteroatoms. The van der Waals surface area contributed by atoms with Gasteiger partial charge in [-0.15, -0.1) is 0 Å². The summed E-state index contributed by atoms with van der Waals surface area (Å²) < 4.78 is 0.962. The number of H-pyrrole nitrogens is 2. The first-order valence-corrected chi connectivity index (χ1v) is 15.7. The molecule has 0 aliphatic carbocycles. The van der Waals surface area contributed by atoms with Gasteiger partial charge in [-0.3, -0.25) is 19.5 Å². The highest BCUT2D eigenvalue weighted by Gasteiger charge is 2.34. The highest BCUT2D eigenvalue weighted by atomic mass is 79.9. The van der Waals surface area contributed by atoms with Crippen molar-refractivity contribution in [3.05, 3.63) is 74.1 Å². The number of nitrogens with zero attached hydrogens (tertiary/aromatic N) is 3. The molecular weight excluding hydrogens is 594 g/mol. The summed E-state index contributed by atoms with van der Waals surface area (Å²) in [5.41, 5.74) is 4.78. The molecule has 4 heterocycles. The van der Waals surface area contributed by atoms with Gasteiger partial charge in [0.15, 0.2) is 0 Å². The zero-order valence-corrected chi connectivity index (χ0v) is 26.1. The van der Waals surface area contributed by atoms with Crippen LogP contribution in [-0.4, -0.2) is 56.4 Å². The van der Waals surface area contributed by atoms with E-state index in [0.717, 1.165) is 56.7 Å². The van der Waals surface area contributed by atoms with E-state index in [1.54, 1.807) is 0 Å². The smallest absolute Gasteiger partial charge is 0.251 e. The summed E-state index contributed by atoms with van der Waals surface area (Å²) in [6, 6.07) is 12.0. The molecular formula is C33H38BrN5O3. The Morgan fingerprint density at radius 1 is 1.10 bits per heavy atom. The minimum absolute atomic E-state index is 0.0298. The first-order valence-electron chi connectivity index (χ1n) is 14.9. The van der Waals surface area contributed by atoms with Crippen molar-refractivity contribution in [1.29, 1.82) is 0 Å². The number of pyridine rings is 1. The molecule has 0 bridgehead atoms. The van der Waals surface area contributed by atoms with Crippen molar-refractivity contribution in [3.8, 4) is 0 Å². The fourth-order valence-electron chi connectivity index (χ4n) is 6.72. The molecule has 0 saturated carbocycles. The maximum Gasteiger partial charge on any atom is 0.251 e. The van der Waals surface area contributed by atoms with Gasteiger partial charge in [-0.1, -0.05) is 39.0 Å². The van der Waals surface area contributed by atoms with Crippen LogP contribution in [0, 0.1) is 11.3 Å². The fraction of sp³-hybridized carbons (Fsp3) is 0.455. The zero-order valence-electron chi connectivity index (χ0n) is 24.5. The summed E-state index contributed by atoms with van der Waals surface area (Å²) >= 11 is 3.69. The van der Waals surface area contributed by atoms with Gasteiger partial charge in [0, 0.05) is 59.5 Å². The van der Waals surface area contributed by atoms with Crippen molar-refractivity contribution in [1.82, 2.24) is 25.0 Å². The van der Waals surface area contributed by atoms with Crippen LogP contribution in [0.25, 0.3) is 21.8 Å². The number of para-hydroxylation sites is 1. The topological polar surface area (TPSA) is 102 Å². The standard InChI is InChI=1S/C33H38BrN5O3/c1-33(2,3)19-39-18-26-21(15-27(34)30-25(26)17-35-37-30)8-9-23(32(39)42)16-29(40)38-12-10-20(11-13-38)24-14-22-6-4-5-7-28(22)36-31(24)41/h4-7,14-15,17,20,23H,8-13,16,18-19H2,1-3H3,(H,35,37)(H,36,41)/t23-/m0/s1. The number of carbonyl (C=O) groups is 2. The number of halogens is 1. The zero-order chi connectivity index (χ0) is 29.6. The van der Waals surface area contributed by atoms with Crippen molar-refractivity contribution in [3.63, 3.8) is 0 Å². The van der Waals surface area contributed by atoms with Crippen molar-refractivity contribution >= 4 is 49.6 Å². The van der Waals surface area contributed by atoms with Crippen molar-refractivity contribution in [2.24, 2.45) is 11.3 Å². The minimum atomic E-state index is -0.368. The summed E-state index contributed by atoms with van der Waals surface area (Å²) in [5.74, 6) is -0.168. The van der Waals surface area contributed by atoms with Crippen LogP contribution in [-0.2, 0) is 22.6 Å². The fourth-order valence-corrected chi connectivity index (χ4v) is 7.29. The second kappa shape index (κ2) is 11.3. The lowest BCUT2D eigenvalue weighted by molar-refractivity contribution is -0.143. The van der Waals surface area contributed by atoms with Gasteiger partial charge in [-0.2, -0.15) is 5.10 Å².